The lowest BCUT2D eigenvalue weighted by Gasteiger charge is -2.03. The summed E-state index contributed by atoms with van der Waals surface area (Å²) in [5.41, 5.74) is 7.76. The number of aromatic nitrogens is 1. The molecule has 0 saturated heterocycles. The topological polar surface area (TPSA) is 85.1 Å². The number of hydrogen-bond acceptors (Lipinski definition) is 4. The Morgan fingerprint density at radius 2 is 2.00 bits per heavy atom. The third-order valence-corrected chi connectivity index (χ3v) is 4.42. The molecule has 1 fully saturated rings. The maximum absolute atomic E-state index is 11.9. The van der Waals surface area contributed by atoms with Gasteiger partial charge in [0.2, 0.25) is 11.8 Å². The van der Waals surface area contributed by atoms with Gasteiger partial charge in [-0.2, -0.15) is 0 Å². The number of nitrogens with zero attached hydrogens (tertiary/aromatic N) is 1. The quantitative estimate of drug-likeness (QED) is 0.859. The Labute approximate surface area is 132 Å². The van der Waals surface area contributed by atoms with Crippen molar-refractivity contribution in [2.45, 2.75) is 31.6 Å². The SMILES string of the molecule is NC(=O)c1ccc(CCC(=O)Nc2nc(C3CC3)cs2)cc1. The molecule has 22 heavy (non-hydrogen) atoms. The number of hydrogen-bond donors (Lipinski definition) is 2. The van der Waals surface area contributed by atoms with E-state index in [9.17, 15) is 9.59 Å². The molecule has 0 aliphatic heterocycles. The van der Waals surface area contributed by atoms with E-state index in [0.717, 1.165) is 11.3 Å². The molecule has 1 aromatic carbocycles. The van der Waals surface area contributed by atoms with Crippen LogP contribution in [0.2, 0.25) is 0 Å². The minimum absolute atomic E-state index is 0.0457. The van der Waals surface area contributed by atoms with Crippen LogP contribution in [0.5, 0.6) is 0 Å². The third kappa shape index (κ3) is 3.71. The van der Waals surface area contributed by atoms with Gasteiger partial charge in [-0.3, -0.25) is 9.59 Å². The molecule has 1 aliphatic carbocycles. The summed E-state index contributed by atoms with van der Waals surface area (Å²) in [5, 5.41) is 5.54. The Balaban J connectivity index is 1.49. The smallest absolute Gasteiger partial charge is 0.248 e. The van der Waals surface area contributed by atoms with Gasteiger partial charge in [-0.25, -0.2) is 4.98 Å². The molecular weight excluding hydrogens is 298 g/mol. The van der Waals surface area contributed by atoms with Crippen molar-refractivity contribution in [1.82, 2.24) is 4.98 Å². The van der Waals surface area contributed by atoms with Gasteiger partial charge in [0.25, 0.3) is 0 Å². The number of carbonyl (C=O) groups excluding carboxylic acids is 2. The van der Waals surface area contributed by atoms with E-state index in [1.165, 1.54) is 24.2 Å². The van der Waals surface area contributed by atoms with E-state index in [-0.39, 0.29) is 5.91 Å². The highest BCUT2D eigenvalue weighted by molar-refractivity contribution is 7.13. The number of benzene rings is 1. The largest absolute Gasteiger partial charge is 0.366 e. The summed E-state index contributed by atoms with van der Waals surface area (Å²) < 4.78 is 0. The van der Waals surface area contributed by atoms with Crippen molar-refractivity contribution in [3.05, 3.63) is 46.5 Å². The molecule has 3 N–H and O–H groups in total. The Bertz CT molecular complexity index is 690. The number of amides is 2. The summed E-state index contributed by atoms with van der Waals surface area (Å²) in [6.07, 6.45) is 3.41. The second kappa shape index (κ2) is 6.27. The molecule has 3 rings (SSSR count). The Kier molecular flexibility index (Phi) is 4.20. The fraction of sp³-hybridized carbons (Fsp3) is 0.312. The molecule has 1 saturated carbocycles. The zero-order chi connectivity index (χ0) is 15.5. The summed E-state index contributed by atoms with van der Waals surface area (Å²) in [6.45, 7) is 0. The predicted octanol–water partition coefficient (Wildman–Crippen LogP) is 2.69. The second-order valence-electron chi connectivity index (χ2n) is 5.46. The Morgan fingerprint density at radius 1 is 1.27 bits per heavy atom. The van der Waals surface area contributed by atoms with Crippen molar-refractivity contribution in [1.29, 1.82) is 0 Å². The number of thiazole rings is 1. The van der Waals surface area contributed by atoms with Gasteiger partial charge in [0.15, 0.2) is 5.13 Å². The van der Waals surface area contributed by atoms with Gasteiger partial charge in [-0.05, 0) is 37.0 Å². The van der Waals surface area contributed by atoms with Gasteiger partial charge in [-0.15, -0.1) is 11.3 Å². The highest BCUT2D eigenvalue weighted by atomic mass is 32.1. The zero-order valence-electron chi connectivity index (χ0n) is 12.0. The van der Waals surface area contributed by atoms with Crippen LogP contribution in [0.3, 0.4) is 0 Å². The van der Waals surface area contributed by atoms with Gasteiger partial charge in [0.05, 0.1) is 5.69 Å². The van der Waals surface area contributed by atoms with Gasteiger partial charge in [0, 0.05) is 23.3 Å². The molecule has 1 aromatic heterocycles. The summed E-state index contributed by atoms with van der Waals surface area (Å²) in [4.78, 5) is 27.4. The fourth-order valence-corrected chi connectivity index (χ4v) is 2.99. The van der Waals surface area contributed by atoms with E-state index in [0.29, 0.717) is 29.5 Å². The molecular formula is C16H17N3O2S. The second-order valence-corrected chi connectivity index (χ2v) is 6.32. The van der Waals surface area contributed by atoms with Crippen LogP contribution in [0.1, 0.15) is 46.8 Å². The van der Waals surface area contributed by atoms with E-state index >= 15 is 0 Å². The molecule has 0 radical (unpaired) electrons. The van der Waals surface area contributed by atoms with Crippen molar-refractivity contribution in [2.75, 3.05) is 5.32 Å². The predicted molar refractivity (Wildman–Crippen MR) is 86.0 cm³/mol. The number of nitrogens with one attached hydrogen (secondary N) is 1. The molecule has 1 aliphatic rings. The van der Waals surface area contributed by atoms with Crippen molar-refractivity contribution < 1.29 is 9.59 Å². The maximum atomic E-state index is 11.9. The van der Waals surface area contributed by atoms with Crippen LogP contribution in [0.25, 0.3) is 0 Å². The highest BCUT2D eigenvalue weighted by Gasteiger charge is 2.26. The number of aryl methyl sites for hydroxylation is 1. The minimum atomic E-state index is -0.445. The Morgan fingerprint density at radius 3 is 2.64 bits per heavy atom. The van der Waals surface area contributed by atoms with Crippen molar-refractivity contribution >= 4 is 28.3 Å². The van der Waals surface area contributed by atoms with Crippen LogP contribution in [-0.4, -0.2) is 16.8 Å². The number of carbonyl (C=O) groups is 2. The molecule has 114 valence electrons. The summed E-state index contributed by atoms with van der Waals surface area (Å²) in [7, 11) is 0. The first-order valence-corrected chi connectivity index (χ1v) is 8.14. The standard InChI is InChI=1S/C16H17N3O2S/c17-15(21)12-4-1-10(2-5-12)3-8-14(20)19-16-18-13(9-22-16)11-6-7-11/h1-2,4-5,9,11H,3,6-8H2,(H2,17,21)(H,18,19,20). The number of rotatable bonds is 6. The summed E-state index contributed by atoms with van der Waals surface area (Å²) >= 11 is 1.48. The third-order valence-electron chi connectivity index (χ3n) is 3.64. The van der Waals surface area contributed by atoms with Crippen LogP contribution in [0, 0.1) is 0 Å². The summed E-state index contributed by atoms with van der Waals surface area (Å²) in [6, 6.07) is 7.00. The molecule has 0 unspecified atom stereocenters. The molecule has 1 heterocycles. The first-order chi connectivity index (χ1) is 10.6. The molecule has 0 spiro atoms. The average molecular weight is 315 g/mol. The highest BCUT2D eigenvalue weighted by Crippen LogP contribution is 2.40. The van der Waals surface area contributed by atoms with Gasteiger partial charge >= 0.3 is 0 Å². The lowest BCUT2D eigenvalue weighted by atomic mass is 10.1. The van der Waals surface area contributed by atoms with Gasteiger partial charge in [0.1, 0.15) is 0 Å². The lowest BCUT2D eigenvalue weighted by Crippen LogP contribution is -2.13. The Hall–Kier alpha value is -2.21. The van der Waals surface area contributed by atoms with Crippen LogP contribution in [0.15, 0.2) is 29.6 Å². The first-order valence-electron chi connectivity index (χ1n) is 7.26. The van der Waals surface area contributed by atoms with Crippen LogP contribution in [0.4, 0.5) is 5.13 Å². The van der Waals surface area contributed by atoms with Gasteiger partial charge < -0.3 is 11.1 Å². The van der Waals surface area contributed by atoms with Crippen molar-refractivity contribution in [2.24, 2.45) is 5.73 Å². The molecule has 5 nitrogen and oxygen atoms in total. The fourth-order valence-electron chi connectivity index (χ4n) is 2.19. The van der Waals surface area contributed by atoms with Gasteiger partial charge in [-0.1, -0.05) is 12.1 Å². The molecule has 2 aromatic rings. The zero-order valence-corrected chi connectivity index (χ0v) is 12.9. The van der Waals surface area contributed by atoms with E-state index in [2.05, 4.69) is 10.3 Å². The molecule has 0 bridgehead atoms. The minimum Gasteiger partial charge on any atom is -0.366 e. The first kappa shape index (κ1) is 14.7. The van der Waals surface area contributed by atoms with Crippen molar-refractivity contribution in [3.63, 3.8) is 0 Å². The average Bonchev–Trinajstić information content (AvgIpc) is 3.26. The van der Waals surface area contributed by atoms with Crippen LogP contribution < -0.4 is 11.1 Å². The normalized spacial score (nSPS) is 13.8. The monoisotopic (exact) mass is 315 g/mol. The lowest BCUT2D eigenvalue weighted by molar-refractivity contribution is -0.116. The molecule has 0 atom stereocenters. The van der Waals surface area contributed by atoms with Crippen LogP contribution in [-0.2, 0) is 11.2 Å². The summed E-state index contributed by atoms with van der Waals surface area (Å²) in [5.74, 6) is 0.112. The molecule has 6 heteroatoms. The van der Waals surface area contributed by atoms with E-state index in [4.69, 9.17) is 5.73 Å². The van der Waals surface area contributed by atoms with E-state index < -0.39 is 5.91 Å². The number of nitrogens with two attached hydrogens (primary N) is 1. The van der Waals surface area contributed by atoms with E-state index in [1.807, 2.05) is 17.5 Å². The number of primary amides is 1. The van der Waals surface area contributed by atoms with Crippen molar-refractivity contribution in [3.8, 4) is 0 Å². The molecule has 2 amide bonds. The van der Waals surface area contributed by atoms with Crippen LogP contribution >= 0.6 is 11.3 Å². The van der Waals surface area contributed by atoms with E-state index in [1.54, 1.807) is 12.1 Å². The maximum Gasteiger partial charge on any atom is 0.248 e. The number of anilines is 1.